The molecule has 2 aliphatic carbocycles. The van der Waals surface area contributed by atoms with E-state index >= 15 is 0 Å². The zero-order chi connectivity index (χ0) is 25.2. The first kappa shape index (κ1) is 26.5. The number of rotatable bonds is 11. The number of amides is 2. The lowest BCUT2D eigenvalue weighted by Gasteiger charge is -2.38. The number of carbonyl (C=O) groups is 2. The van der Waals surface area contributed by atoms with Crippen molar-refractivity contribution in [3.63, 3.8) is 0 Å². The molecule has 6 nitrogen and oxygen atoms in total. The molecule has 0 unspecified atom stereocenters. The predicted molar refractivity (Wildman–Crippen MR) is 142 cm³/mol. The molecule has 0 bridgehead atoms. The van der Waals surface area contributed by atoms with Gasteiger partial charge < -0.3 is 19.1 Å². The highest BCUT2D eigenvalue weighted by atomic mass is 16.5. The molecule has 2 aromatic rings. The number of carbonyl (C=O) groups excluding carboxylic acids is 2. The molecule has 0 atom stereocenters. The summed E-state index contributed by atoms with van der Waals surface area (Å²) >= 11 is 0. The average molecular weight is 494 g/mol. The SMILES string of the molecule is COCCN(Cc1cccn1Cc1ccccc1)C(=O)CN(C(=O)C1CCCCC1)C1CCCCC1. The van der Waals surface area contributed by atoms with E-state index in [0.29, 0.717) is 19.7 Å². The third-order valence-electron chi connectivity index (χ3n) is 7.95. The summed E-state index contributed by atoms with van der Waals surface area (Å²) in [6.07, 6.45) is 13.0. The molecule has 6 heteroatoms. The monoisotopic (exact) mass is 493 g/mol. The molecule has 196 valence electrons. The molecule has 1 heterocycles. The van der Waals surface area contributed by atoms with E-state index in [9.17, 15) is 9.59 Å². The van der Waals surface area contributed by atoms with Crippen LogP contribution < -0.4 is 0 Å². The molecule has 4 rings (SSSR count). The van der Waals surface area contributed by atoms with Crippen LogP contribution in [0.5, 0.6) is 0 Å². The fourth-order valence-electron chi connectivity index (χ4n) is 5.83. The van der Waals surface area contributed by atoms with E-state index in [0.717, 1.165) is 63.6 Å². The van der Waals surface area contributed by atoms with E-state index in [1.165, 1.54) is 18.4 Å². The maximum atomic E-state index is 13.8. The fraction of sp³-hybridized carbons (Fsp3) is 0.600. The average Bonchev–Trinajstić information content (AvgIpc) is 3.37. The van der Waals surface area contributed by atoms with Gasteiger partial charge in [-0.05, 0) is 43.4 Å². The van der Waals surface area contributed by atoms with Crippen LogP contribution in [-0.4, -0.2) is 59.0 Å². The fourth-order valence-corrected chi connectivity index (χ4v) is 5.83. The van der Waals surface area contributed by atoms with Gasteiger partial charge in [-0.2, -0.15) is 0 Å². The number of ether oxygens (including phenoxy) is 1. The standard InChI is InChI=1S/C30H43N3O3/c1-36-21-20-32(23-28-18-11-19-31(28)22-25-12-5-2-6-13-25)29(34)24-33(27-16-9-4-10-17-27)30(35)26-14-7-3-8-15-26/h2,5-6,11-13,18-19,26-27H,3-4,7-10,14-17,20-24H2,1H3. The Labute approximate surface area is 216 Å². The predicted octanol–water partition coefficient (Wildman–Crippen LogP) is 5.25. The number of aromatic nitrogens is 1. The Bertz CT molecular complexity index is 945. The minimum atomic E-state index is 0.0224. The second-order valence-corrected chi connectivity index (χ2v) is 10.5. The summed E-state index contributed by atoms with van der Waals surface area (Å²) in [4.78, 5) is 31.3. The lowest BCUT2D eigenvalue weighted by Crippen LogP contribution is -2.50. The lowest BCUT2D eigenvalue weighted by molar-refractivity contribution is -0.147. The second-order valence-electron chi connectivity index (χ2n) is 10.5. The molecule has 36 heavy (non-hydrogen) atoms. The van der Waals surface area contributed by atoms with Crippen molar-refractivity contribution < 1.29 is 14.3 Å². The van der Waals surface area contributed by atoms with E-state index in [1.54, 1.807) is 7.11 Å². The Morgan fingerprint density at radius 1 is 0.917 bits per heavy atom. The van der Waals surface area contributed by atoms with Crippen molar-refractivity contribution in [1.29, 1.82) is 0 Å². The van der Waals surface area contributed by atoms with Crippen LogP contribution in [0.25, 0.3) is 0 Å². The lowest BCUT2D eigenvalue weighted by atomic mass is 9.86. The van der Waals surface area contributed by atoms with Gasteiger partial charge in [0.15, 0.2) is 0 Å². The summed E-state index contributed by atoms with van der Waals surface area (Å²) in [5.41, 5.74) is 2.32. The zero-order valence-electron chi connectivity index (χ0n) is 21.9. The number of hydrogen-bond donors (Lipinski definition) is 0. The highest BCUT2D eigenvalue weighted by Gasteiger charge is 2.33. The molecule has 0 spiro atoms. The molecule has 2 aliphatic rings. The summed E-state index contributed by atoms with van der Waals surface area (Å²) < 4.78 is 7.55. The molecular formula is C30H43N3O3. The Balaban J connectivity index is 1.48. The molecule has 2 fully saturated rings. The molecule has 2 saturated carbocycles. The Morgan fingerprint density at radius 3 is 2.31 bits per heavy atom. The molecule has 2 amide bonds. The summed E-state index contributed by atoms with van der Waals surface area (Å²) in [5.74, 6) is 0.326. The largest absolute Gasteiger partial charge is 0.383 e. The number of nitrogens with zero attached hydrogens (tertiary/aromatic N) is 3. The second kappa shape index (κ2) is 13.6. The Kier molecular flexibility index (Phi) is 10.0. The van der Waals surface area contributed by atoms with E-state index in [4.69, 9.17) is 4.74 Å². The summed E-state index contributed by atoms with van der Waals surface area (Å²) in [6.45, 7) is 2.46. The van der Waals surface area contributed by atoms with E-state index in [1.807, 2.05) is 21.9 Å². The van der Waals surface area contributed by atoms with Crippen molar-refractivity contribution >= 4 is 11.8 Å². The van der Waals surface area contributed by atoms with Crippen molar-refractivity contribution in [2.75, 3.05) is 26.8 Å². The van der Waals surface area contributed by atoms with Crippen molar-refractivity contribution in [1.82, 2.24) is 14.4 Å². The number of methoxy groups -OCH3 is 1. The number of benzene rings is 1. The topological polar surface area (TPSA) is 54.8 Å². The smallest absolute Gasteiger partial charge is 0.242 e. The van der Waals surface area contributed by atoms with Crippen LogP contribution in [-0.2, 0) is 27.4 Å². The third kappa shape index (κ3) is 7.22. The minimum Gasteiger partial charge on any atom is -0.383 e. The van der Waals surface area contributed by atoms with Gasteiger partial charge in [0.2, 0.25) is 11.8 Å². The van der Waals surface area contributed by atoms with Gasteiger partial charge in [0.1, 0.15) is 6.54 Å². The van der Waals surface area contributed by atoms with Crippen molar-refractivity contribution in [2.24, 2.45) is 5.92 Å². The highest BCUT2D eigenvalue weighted by molar-refractivity contribution is 5.86. The summed E-state index contributed by atoms with van der Waals surface area (Å²) in [7, 11) is 1.67. The normalized spacial score (nSPS) is 17.1. The van der Waals surface area contributed by atoms with Crippen LogP contribution in [0.2, 0.25) is 0 Å². The third-order valence-corrected chi connectivity index (χ3v) is 7.95. The van der Waals surface area contributed by atoms with Gasteiger partial charge in [0, 0.05) is 44.0 Å². The van der Waals surface area contributed by atoms with E-state index in [2.05, 4.69) is 41.1 Å². The summed E-state index contributed by atoms with van der Waals surface area (Å²) in [6, 6.07) is 14.7. The van der Waals surface area contributed by atoms with Crippen LogP contribution in [0.1, 0.15) is 75.5 Å². The van der Waals surface area contributed by atoms with Gasteiger partial charge in [-0.25, -0.2) is 0 Å². The van der Waals surface area contributed by atoms with Gasteiger partial charge in [0.25, 0.3) is 0 Å². The van der Waals surface area contributed by atoms with Crippen LogP contribution in [0.3, 0.4) is 0 Å². The first-order valence-corrected chi connectivity index (χ1v) is 13.9. The highest BCUT2D eigenvalue weighted by Crippen LogP contribution is 2.29. The minimum absolute atomic E-state index is 0.0224. The maximum absolute atomic E-state index is 13.8. The molecule has 0 aliphatic heterocycles. The van der Waals surface area contributed by atoms with Gasteiger partial charge in [-0.1, -0.05) is 68.9 Å². The first-order chi connectivity index (χ1) is 17.7. The first-order valence-electron chi connectivity index (χ1n) is 13.9. The van der Waals surface area contributed by atoms with Crippen molar-refractivity contribution in [3.05, 3.63) is 59.9 Å². The van der Waals surface area contributed by atoms with E-state index in [-0.39, 0.29) is 30.3 Å². The molecule has 0 saturated heterocycles. The quantitative estimate of drug-likeness (QED) is 0.429. The zero-order valence-corrected chi connectivity index (χ0v) is 21.9. The Hall–Kier alpha value is -2.60. The Morgan fingerprint density at radius 2 is 1.61 bits per heavy atom. The van der Waals surface area contributed by atoms with Crippen LogP contribution >= 0.6 is 0 Å². The van der Waals surface area contributed by atoms with Gasteiger partial charge in [0.05, 0.1) is 13.2 Å². The van der Waals surface area contributed by atoms with Crippen molar-refractivity contribution in [2.45, 2.75) is 83.3 Å². The van der Waals surface area contributed by atoms with Gasteiger partial charge in [-0.3, -0.25) is 9.59 Å². The molecule has 1 aromatic carbocycles. The molecule has 0 radical (unpaired) electrons. The number of hydrogen-bond acceptors (Lipinski definition) is 3. The van der Waals surface area contributed by atoms with Crippen molar-refractivity contribution in [3.8, 4) is 0 Å². The summed E-state index contributed by atoms with van der Waals surface area (Å²) in [5, 5.41) is 0. The molecule has 1 aromatic heterocycles. The van der Waals surface area contributed by atoms with Crippen LogP contribution in [0, 0.1) is 5.92 Å². The van der Waals surface area contributed by atoms with E-state index < -0.39 is 0 Å². The molecule has 0 N–H and O–H groups in total. The van der Waals surface area contributed by atoms with Gasteiger partial charge in [-0.15, -0.1) is 0 Å². The van der Waals surface area contributed by atoms with Crippen LogP contribution in [0.15, 0.2) is 48.7 Å². The van der Waals surface area contributed by atoms with Gasteiger partial charge >= 0.3 is 0 Å². The maximum Gasteiger partial charge on any atom is 0.242 e. The van der Waals surface area contributed by atoms with Crippen LogP contribution in [0.4, 0.5) is 0 Å². The molecular weight excluding hydrogens is 450 g/mol.